The standard InChI is InChI=1S/C17H21BrN2O3S2/c1-4-20(5-2)25(22,23)15-8-6-7-13(11-15)17(21)19(3)12-14-9-10-16(18)24-14/h6-11H,4-5,12H2,1-3H3. The number of hydrogen-bond donors (Lipinski definition) is 0. The van der Waals surface area contributed by atoms with Crippen molar-refractivity contribution >= 4 is 43.2 Å². The molecule has 0 bridgehead atoms. The Bertz CT molecular complexity index is 845. The van der Waals surface area contributed by atoms with E-state index in [-0.39, 0.29) is 10.8 Å². The van der Waals surface area contributed by atoms with Gasteiger partial charge in [0, 0.05) is 30.6 Å². The van der Waals surface area contributed by atoms with E-state index in [2.05, 4.69) is 15.9 Å². The summed E-state index contributed by atoms with van der Waals surface area (Å²) in [7, 11) is -1.87. The van der Waals surface area contributed by atoms with Gasteiger partial charge in [-0.05, 0) is 46.3 Å². The number of rotatable bonds is 7. The van der Waals surface area contributed by atoms with Crippen LogP contribution in [0.4, 0.5) is 0 Å². The maximum atomic E-state index is 12.7. The molecular weight excluding hydrogens is 424 g/mol. The highest BCUT2D eigenvalue weighted by atomic mass is 79.9. The zero-order valence-corrected chi connectivity index (χ0v) is 17.6. The lowest BCUT2D eigenvalue weighted by molar-refractivity contribution is 0.0786. The van der Waals surface area contributed by atoms with Gasteiger partial charge in [-0.25, -0.2) is 8.42 Å². The Labute approximate surface area is 161 Å². The van der Waals surface area contributed by atoms with Crippen molar-refractivity contribution in [3.05, 3.63) is 50.6 Å². The van der Waals surface area contributed by atoms with Gasteiger partial charge in [-0.15, -0.1) is 11.3 Å². The normalized spacial score (nSPS) is 11.7. The molecule has 0 atom stereocenters. The number of thiophene rings is 1. The van der Waals surface area contributed by atoms with Crippen molar-refractivity contribution in [1.82, 2.24) is 9.21 Å². The van der Waals surface area contributed by atoms with E-state index in [4.69, 9.17) is 0 Å². The Kier molecular flexibility index (Phi) is 6.79. The third kappa shape index (κ3) is 4.69. The van der Waals surface area contributed by atoms with E-state index < -0.39 is 10.0 Å². The van der Waals surface area contributed by atoms with E-state index in [0.29, 0.717) is 25.2 Å². The first kappa shape index (κ1) is 20.1. The first-order chi connectivity index (χ1) is 11.8. The van der Waals surface area contributed by atoms with Crippen LogP contribution in [0.15, 0.2) is 45.1 Å². The molecule has 0 spiro atoms. The molecular formula is C17H21BrN2O3S2. The van der Waals surface area contributed by atoms with Crippen molar-refractivity contribution in [2.45, 2.75) is 25.3 Å². The molecule has 0 aliphatic heterocycles. The van der Waals surface area contributed by atoms with Crippen LogP contribution in [0.3, 0.4) is 0 Å². The number of amides is 1. The first-order valence-electron chi connectivity index (χ1n) is 7.89. The highest BCUT2D eigenvalue weighted by Gasteiger charge is 2.23. The summed E-state index contributed by atoms with van der Waals surface area (Å²) in [4.78, 5) is 15.4. The van der Waals surface area contributed by atoms with Crippen LogP contribution in [0.2, 0.25) is 0 Å². The molecule has 0 aliphatic rings. The summed E-state index contributed by atoms with van der Waals surface area (Å²) in [6.45, 7) is 4.85. The molecule has 0 radical (unpaired) electrons. The maximum Gasteiger partial charge on any atom is 0.253 e. The minimum absolute atomic E-state index is 0.148. The molecule has 2 rings (SSSR count). The van der Waals surface area contributed by atoms with E-state index in [1.54, 1.807) is 49.3 Å². The molecule has 1 heterocycles. The Balaban J connectivity index is 2.24. The van der Waals surface area contributed by atoms with E-state index >= 15 is 0 Å². The Morgan fingerprint density at radius 3 is 2.40 bits per heavy atom. The number of nitrogens with zero attached hydrogens (tertiary/aromatic N) is 2. The number of sulfonamides is 1. The molecule has 0 N–H and O–H groups in total. The lowest BCUT2D eigenvalue weighted by atomic mass is 10.2. The minimum Gasteiger partial charge on any atom is -0.337 e. The summed E-state index contributed by atoms with van der Waals surface area (Å²) >= 11 is 4.97. The van der Waals surface area contributed by atoms with Crippen LogP contribution in [0, 0.1) is 0 Å². The van der Waals surface area contributed by atoms with Crippen molar-refractivity contribution in [3.8, 4) is 0 Å². The van der Waals surface area contributed by atoms with E-state index in [9.17, 15) is 13.2 Å². The Morgan fingerprint density at radius 1 is 1.16 bits per heavy atom. The fourth-order valence-corrected chi connectivity index (χ4v) is 5.51. The quantitative estimate of drug-likeness (QED) is 0.651. The molecule has 25 heavy (non-hydrogen) atoms. The number of carbonyl (C=O) groups excluding carboxylic acids is 1. The van der Waals surface area contributed by atoms with Gasteiger partial charge in [0.2, 0.25) is 10.0 Å². The van der Waals surface area contributed by atoms with Gasteiger partial charge in [0.1, 0.15) is 0 Å². The van der Waals surface area contributed by atoms with E-state index in [1.807, 2.05) is 12.1 Å². The smallest absolute Gasteiger partial charge is 0.253 e. The molecule has 5 nitrogen and oxygen atoms in total. The first-order valence-corrected chi connectivity index (χ1v) is 10.9. The average molecular weight is 445 g/mol. The number of benzene rings is 1. The third-order valence-electron chi connectivity index (χ3n) is 3.79. The van der Waals surface area contributed by atoms with Crippen LogP contribution >= 0.6 is 27.3 Å². The van der Waals surface area contributed by atoms with Gasteiger partial charge in [0.25, 0.3) is 5.91 Å². The summed E-state index contributed by atoms with van der Waals surface area (Å²) in [5.74, 6) is -0.207. The lowest BCUT2D eigenvalue weighted by Gasteiger charge is -2.20. The van der Waals surface area contributed by atoms with Gasteiger partial charge in [-0.3, -0.25) is 4.79 Å². The topological polar surface area (TPSA) is 57.7 Å². The average Bonchev–Trinajstić information content (AvgIpc) is 3.00. The van der Waals surface area contributed by atoms with Crippen LogP contribution in [0.25, 0.3) is 0 Å². The third-order valence-corrected chi connectivity index (χ3v) is 7.45. The van der Waals surface area contributed by atoms with Gasteiger partial charge in [-0.2, -0.15) is 4.31 Å². The Morgan fingerprint density at radius 2 is 1.84 bits per heavy atom. The predicted octanol–water partition coefficient (Wildman–Crippen LogP) is 3.81. The van der Waals surface area contributed by atoms with Crippen molar-refractivity contribution in [2.24, 2.45) is 0 Å². The molecule has 0 aliphatic carbocycles. The van der Waals surface area contributed by atoms with E-state index in [0.717, 1.165) is 8.66 Å². The number of carbonyl (C=O) groups is 1. The number of halogens is 1. The fraction of sp³-hybridized carbons (Fsp3) is 0.353. The fourth-order valence-electron chi connectivity index (χ4n) is 2.46. The maximum absolute atomic E-state index is 12.7. The van der Waals surface area contributed by atoms with Crippen molar-refractivity contribution in [3.63, 3.8) is 0 Å². The van der Waals surface area contributed by atoms with Crippen molar-refractivity contribution < 1.29 is 13.2 Å². The monoisotopic (exact) mass is 444 g/mol. The minimum atomic E-state index is -3.58. The highest BCUT2D eigenvalue weighted by Crippen LogP contribution is 2.24. The van der Waals surface area contributed by atoms with Crippen molar-refractivity contribution in [2.75, 3.05) is 20.1 Å². The second kappa shape index (κ2) is 8.44. The van der Waals surface area contributed by atoms with Crippen molar-refractivity contribution in [1.29, 1.82) is 0 Å². The largest absolute Gasteiger partial charge is 0.337 e. The van der Waals surface area contributed by atoms with Gasteiger partial charge in [-0.1, -0.05) is 19.9 Å². The Hall–Kier alpha value is -1.22. The molecule has 0 unspecified atom stereocenters. The van der Waals surface area contributed by atoms with Gasteiger partial charge in [0.15, 0.2) is 0 Å². The summed E-state index contributed by atoms with van der Waals surface area (Å²) in [6.07, 6.45) is 0. The molecule has 0 saturated heterocycles. The number of hydrogen-bond acceptors (Lipinski definition) is 4. The zero-order chi connectivity index (χ0) is 18.6. The zero-order valence-electron chi connectivity index (χ0n) is 14.4. The van der Waals surface area contributed by atoms with Crippen LogP contribution < -0.4 is 0 Å². The highest BCUT2D eigenvalue weighted by molar-refractivity contribution is 9.11. The molecule has 2 aromatic rings. The molecule has 136 valence electrons. The molecule has 0 fully saturated rings. The summed E-state index contributed by atoms with van der Waals surface area (Å²) in [6, 6.07) is 10.1. The lowest BCUT2D eigenvalue weighted by Crippen LogP contribution is -2.31. The molecule has 8 heteroatoms. The second-order valence-corrected chi connectivity index (χ2v) is 9.97. The summed E-state index contributed by atoms with van der Waals surface area (Å²) < 4.78 is 27.6. The van der Waals surface area contributed by atoms with E-state index in [1.165, 1.54) is 16.4 Å². The molecule has 1 amide bonds. The summed E-state index contributed by atoms with van der Waals surface area (Å²) in [5.41, 5.74) is 0.367. The van der Waals surface area contributed by atoms with Gasteiger partial charge >= 0.3 is 0 Å². The molecule has 0 saturated carbocycles. The van der Waals surface area contributed by atoms with Gasteiger partial charge in [0.05, 0.1) is 15.2 Å². The van der Waals surface area contributed by atoms with Gasteiger partial charge < -0.3 is 4.90 Å². The van der Waals surface area contributed by atoms with Crippen LogP contribution in [-0.4, -0.2) is 43.7 Å². The predicted molar refractivity (Wildman–Crippen MR) is 104 cm³/mol. The second-order valence-electron chi connectivity index (χ2n) is 5.48. The SMILES string of the molecule is CCN(CC)S(=O)(=O)c1cccc(C(=O)N(C)Cc2ccc(Br)s2)c1. The van der Waals surface area contributed by atoms with Crippen LogP contribution in [0.1, 0.15) is 29.1 Å². The molecule has 1 aromatic carbocycles. The molecule has 1 aromatic heterocycles. The van der Waals surface area contributed by atoms with Crippen LogP contribution in [0.5, 0.6) is 0 Å². The summed E-state index contributed by atoms with van der Waals surface area (Å²) in [5, 5.41) is 0. The van der Waals surface area contributed by atoms with Crippen LogP contribution in [-0.2, 0) is 16.6 Å².